The van der Waals surface area contributed by atoms with Gasteiger partial charge in [0.2, 0.25) is 0 Å². The fraction of sp³-hybridized carbons (Fsp3) is 0.438. The molecule has 0 radical (unpaired) electrons. The number of nitrogens with zero attached hydrogens (tertiary/aromatic N) is 1. The molecule has 0 spiro atoms. The Morgan fingerprint density at radius 2 is 2.20 bits per heavy atom. The molecule has 1 aliphatic rings. The maximum absolute atomic E-state index is 5.68. The van der Waals surface area contributed by atoms with Gasteiger partial charge in [0.05, 0.1) is 11.5 Å². The summed E-state index contributed by atoms with van der Waals surface area (Å²) in [6.45, 7) is 4.70. The lowest BCUT2D eigenvalue weighted by Crippen LogP contribution is -2.15. The van der Waals surface area contributed by atoms with Crippen molar-refractivity contribution in [2.24, 2.45) is 5.92 Å². The van der Waals surface area contributed by atoms with Crippen molar-refractivity contribution in [1.82, 2.24) is 10.3 Å². The zero-order valence-electron chi connectivity index (χ0n) is 11.8. The van der Waals surface area contributed by atoms with E-state index in [0.29, 0.717) is 6.61 Å². The predicted octanol–water partition coefficient (Wildman–Crippen LogP) is 3.71. The third-order valence-corrected chi connectivity index (χ3v) is 4.44. The lowest BCUT2D eigenvalue weighted by molar-refractivity contribution is 0.341. The smallest absolute Gasteiger partial charge is 0.127 e. The van der Waals surface area contributed by atoms with E-state index in [1.807, 2.05) is 31.3 Å². The van der Waals surface area contributed by atoms with Crippen LogP contribution in [0.5, 0.6) is 5.75 Å². The molecule has 3 rings (SSSR count). The summed E-state index contributed by atoms with van der Waals surface area (Å²) in [7, 11) is 0. The first-order chi connectivity index (χ1) is 9.86. The molecule has 1 aromatic carbocycles. The fourth-order valence-electron chi connectivity index (χ4n) is 2.17. The number of aromatic nitrogens is 1. The lowest BCUT2D eigenvalue weighted by atomic mass is 10.2. The number of nitrogens with one attached hydrogen (secondary N) is 1. The van der Waals surface area contributed by atoms with E-state index in [4.69, 9.17) is 4.74 Å². The third kappa shape index (κ3) is 3.38. The van der Waals surface area contributed by atoms with Crippen LogP contribution in [0.2, 0.25) is 0 Å². The van der Waals surface area contributed by atoms with Gasteiger partial charge in [0, 0.05) is 18.3 Å². The molecule has 1 heterocycles. The van der Waals surface area contributed by atoms with Crippen LogP contribution in [0, 0.1) is 5.92 Å². The topological polar surface area (TPSA) is 34.1 Å². The summed E-state index contributed by atoms with van der Waals surface area (Å²) in [6.07, 6.45) is 4.73. The lowest BCUT2D eigenvalue weighted by Gasteiger charge is -2.07. The molecular weight excluding hydrogens is 268 g/mol. The molecular formula is C16H20N2OS. The van der Waals surface area contributed by atoms with Crippen molar-refractivity contribution in [1.29, 1.82) is 0 Å². The van der Waals surface area contributed by atoms with Crippen LogP contribution in [0.15, 0.2) is 30.5 Å². The van der Waals surface area contributed by atoms with E-state index in [-0.39, 0.29) is 0 Å². The van der Waals surface area contributed by atoms with Crippen molar-refractivity contribution >= 4 is 11.3 Å². The molecule has 1 aromatic heterocycles. The summed E-state index contributed by atoms with van der Waals surface area (Å²) in [5.41, 5.74) is 1.14. The van der Waals surface area contributed by atoms with Gasteiger partial charge in [-0.15, -0.1) is 11.3 Å². The Morgan fingerprint density at radius 1 is 1.35 bits per heavy atom. The Kier molecular flexibility index (Phi) is 4.33. The average Bonchev–Trinajstić information content (AvgIpc) is 3.17. The van der Waals surface area contributed by atoms with Gasteiger partial charge in [-0.3, -0.25) is 0 Å². The largest absolute Gasteiger partial charge is 0.493 e. The second kappa shape index (κ2) is 6.37. The van der Waals surface area contributed by atoms with Crippen LogP contribution in [-0.2, 0) is 6.54 Å². The molecule has 0 bridgehead atoms. The second-order valence-corrected chi connectivity index (χ2v) is 6.24. The molecule has 0 atom stereocenters. The molecule has 2 aromatic rings. The minimum Gasteiger partial charge on any atom is -0.493 e. The van der Waals surface area contributed by atoms with Gasteiger partial charge in [0.15, 0.2) is 0 Å². The number of para-hydroxylation sites is 1. The summed E-state index contributed by atoms with van der Waals surface area (Å²) >= 11 is 1.74. The van der Waals surface area contributed by atoms with Crippen LogP contribution >= 0.6 is 11.3 Å². The number of hydrogen-bond donors (Lipinski definition) is 1. The van der Waals surface area contributed by atoms with Crippen LogP contribution in [0.1, 0.15) is 24.8 Å². The van der Waals surface area contributed by atoms with Crippen molar-refractivity contribution in [2.75, 3.05) is 13.2 Å². The van der Waals surface area contributed by atoms with E-state index >= 15 is 0 Å². The van der Waals surface area contributed by atoms with Gasteiger partial charge in [0.25, 0.3) is 0 Å². The molecule has 1 fully saturated rings. The van der Waals surface area contributed by atoms with Crippen molar-refractivity contribution in [3.05, 3.63) is 35.5 Å². The molecule has 0 unspecified atom stereocenters. The number of hydrogen-bond acceptors (Lipinski definition) is 4. The van der Waals surface area contributed by atoms with E-state index in [2.05, 4.69) is 16.4 Å². The minimum absolute atomic E-state index is 0.686. The molecule has 106 valence electrons. The first-order valence-corrected chi connectivity index (χ1v) is 8.06. The van der Waals surface area contributed by atoms with Crippen LogP contribution in [0.4, 0.5) is 0 Å². The van der Waals surface area contributed by atoms with E-state index in [1.165, 1.54) is 17.7 Å². The number of ether oxygens (including phenoxy) is 1. The van der Waals surface area contributed by atoms with Gasteiger partial charge < -0.3 is 10.1 Å². The number of rotatable bonds is 7. The Balaban J connectivity index is 1.68. The molecule has 0 amide bonds. The van der Waals surface area contributed by atoms with Gasteiger partial charge in [-0.25, -0.2) is 4.98 Å². The monoisotopic (exact) mass is 288 g/mol. The van der Waals surface area contributed by atoms with Crippen molar-refractivity contribution in [3.63, 3.8) is 0 Å². The van der Waals surface area contributed by atoms with Gasteiger partial charge in [-0.2, -0.15) is 0 Å². The van der Waals surface area contributed by atoms with E-state index in [1.54, 1.807) is 11.3 Å². The van der Waals surface area contributed by atoms with E-state index < -0.39 is 0 Å². The average molecular weight is 288 g/mol. The summed E-state index contributed by atoms with van der Waals surface area (Å²) < 4.78 is 5.68. The van der Waals surface area contributed by atoms with Crippen molar-refractivity contribution < 1.29 is 4.74 Å². The number of benzene rings is 1. The highest BCUT2D eigenvalue weighted by atomic mass is 32.1. The maximum Gasteiger partial charge on any atom is 0.127 e. The van der Waals surface area contributed by atoms with Crippen LogP contribution in [0.25, 0.3) is 10.4 Å². The molecule has 0 saturated heterocycles. The third-order valence-electron chi connectivity index (χ3n) is 3.41. The van der Waals surface area contributed by atoms with Crippen molar-refractivity contribution in [3.8, 4) is 16.2 Å². The highest BCUT2D eigenvalue weighted by Crippen LogP contribution is 2.34. The normalized spacial score (nSPS) is 14.4. The van der Waals surface area contributed by atoms with E-state index in [0.717, 1.165) is 35.3 Å². The molecule has 3 nitrogen and oxygen atoms in total. The SMILES string of the molecule is CCOc1ccccc1-c1cnc(CNCC2CC2)s1. The highest BCUT2D eigenvalue weighted by molar-refractivity contribution is 7.15. The predicted molar refractivity (Wildman–Crippen MR) is 83.1 cm³/mol. The van der Waals surface area contributed by atoms with Crippen LogP contribution in [-0.4, -0.2) is 18.1 Å². The van der Waals surface area contributed by atoms with Crippen molar-refractivity contribution in [2.45, 2.75) is 26.3 Å². The first-order valence-electron chi connectivity index (χ1n) is 7.24. The Hall–Kier alpha value is -1.39. The molecule has 4 heteroatoms. The minimum atomic E-state index is 0.686. The van der Waals surface area contributed by atoms with Crippen LogP contribution < -0.4 is 10.1 Å². The Labute approximate surface area is 124 Å². The fourth-order valence-corrected chi connectivity index (χ4v) is 3.09. The quantitative estimate of drug-likeness (QED) is 0.843. The standard InChI is InChI=1S/C16H20N2OS/c1-2-19-14-6-4-3-5-13(14)15-10-18-16(20-15)11-17-9-12-7-8-12/h3-6,10,12,17H,2,7-9,11H2,1H3. The van der Waals surface area contributed by atoms with Crippen LogP contribution in [0.3, 0.4) is 0 Å². The summed E-state index contributed by atoms with van der Waals surface area (Å²) in [4.78, 5) is 5.69. The number of thiazole rings is 1. The van der Waals surface area contributed by atoms with Gasteiger partial charge in [0.1, 0.15) is 10.8 Å². The van der Waals surface area contributed by atoms with Gasteiger partial charge in [-0.05, 0) is 44.4 Å². The summed E-state index contributed by atoms with van der Waals surface area (Å²) in [5.74, 6) is 1.85. The van der Waals surface area contributed by atoms with E-state index in [9.17, 15) is 0 Å². The molecule has 1 N–H and O–H groups in total. The van der Waals surface area contributed by atoms with Gasteiger partial charge >= 0.3 is 0 Å². The summed E-state index contributed by atoms with van der Waals surface area (Å²) in [5, 5.41) is 4.63. The Morgan fingerprint density at radius 3 is 3.00 bits per heavy atom. The summed E-state index contributed by atoms with van der Waals surface area (Å²) in [6, 6.07) is 8.17. The second-order valence-electron chi connectivity index (χ2n) is 5.12. The maximum atomic E-state index is 5.68. The van der Waals surface area contributed by atoms with Gasteiger partial charge in [-0.1, -0.05) is 12.1 Å². The first kappa shape index (κ1) is 13.6. The zero-order chi connectivity index (χ0) is 13.8. The molecule has 0 aliphatic heterocycles. The Bertz CT molecular complexity index is 563. The molecule has 20 heavy (non-hydrogen) atoms. The zero-order valence-corrected chi connectivity index (χ0v) is 12.6. The molecule has 1 saturated carbocycles. The molecule has 1 aliphatic carbocycles. The highest BCUT2D eigenvalue weighted by Gasteiger charge is 2.20.